The van der Waals surface area contributed by atoms with Gasteiger partial charge in [-0.25, -0.2) is 4.39 Å². The molecule has 20 heavy (non-hydrogen) atoms. The predicted molar refractivity (Wildman–Crippen MR) is 79.3 cm³/mol. The van der Waals surface area contributed by atoms with E-state index in [1.807, 2.05) is 30.3 Å². The summed E-state index contributed by atoms with van der Waals surface area (Å²) in [7, 11) is 1.74. The maximum atomic E-state index is 12.8. The number of amides is 1. The van der Waals surface area contributed by atoms with E-state index in [1.165, 1.54) is 12.1 Å². The van der Waals surface area contributed by atoms with Crippen LogP contribution in [0, 0.1) is 5.82 Å². The molecule has 0 radical (unpaired) electrons. The van der Waals surface area contributed by atoms with Gasteiger partial charge in [0.05, 0.1) is 0 Å². The van der Waals surface area contributed by atoms with Crippen LogP contribution in [0.2, 0.25) is 0 Å². The first-order valence-corrected chi connectivity index (χ1v) is 6.42. The van der Waals surface area contributed by atoms with Crippen LogP contribution in [0.3, 0.4) is 0 Å². The summed E-state index contributed by atoms with van der Waals surface area (Å²) in [6.45, 7) is 1.78. The molecule has 0 saturated heterocycles. The van der Waals surface area contributed by atoms with E-state index in [0.29, 0.717) is 5.69 Å². The number of hydrogen-bond acceptors (Lipinski definition) is 2. The Bertz CT molecular complexity index is 569. The van der Waals surface area contributed by atoms with Gasteiger partial charge in [0.25, 0.3) is 0 Å². The van der Waals surface area contributed by atoms with E-state index in [2.05, 4.69) is 5.32 Å². The monoisotopic (exact) mass is 272 g/mol. The maximum absolute atomic E-state index is 12.8. The maximum Gasteiger partial charge on any atom is 0.248 e. The quantitative estimate of drug-likeness (QED) is 0.926. The fourth-order valence-electron chi connectivity index (χ4n) is 1.93. The normalized spacial score (nSPS) is 11.8. The molecular formula is C16H17FN2O. The van der Waals surface area contributed by atoms with Crippen LogP contribution in [-0.4, -0.2) is 19.0 Å². The number of anilines is 2. The van der Waals surface area contributed by atoms with Crippen molar-refractivity contribution in [2.24, 2.45) is 0 Å². The SMILES string of the molecule is CC(Nc1ccc(F)cc1)C(=O)N(C)c1ccccc1. The number of para-hydroxylation sites is 1. The van der Waals surface area contributed by atoms with Gasteiger partial charge in [-0.15, -0.1) is 0 Å². The summed E-state index contributed by atoms with van der Waals surface area (Å²) in [5.41, 5.74) is 1.55. The second-order valence-electron chi connectivity index (χ2n) is 4.61. The lowest BCUT2D eigenvalue weighted by atomic mass is 10.2. The smallest absolute Gasteiger partial charge is 0.248 e. The first kappa shape index (κ1) is 14.1. The van der Waals surface area contributed by atoms with E-state index < -0.39 is 6.04 Å². The van der Waals surface area contributed by atoms with Crippen molar-refractivity contribution < 1.29 is 9.18 Å². The third kappa shape index (κ3) is 3.35. The molecule has 0 aliphatic heterocycles. The van der Waals surface area contributed by atoms with Crippen molar-refractivity contribution in [1.29, 1.82) is 0 Å². The lowest BCUT2D eigenvalue weighted by Gasteiger charge is -2.22. The molecule has 4 heteroatoms. The second kappa shape index (κ2) is 6.19. The highest BCUT2D eigenvalue weighted by atomic mass is 19.1. The number of carbonyl (C=O) groups is 1. The summed E-state index contributed by atoms with van der Waals surface area (Å²) in [6, 6.07) is 15.0. The number of hydrogen-bond donors (Lipinski definition) is 1. The molecule has 1 unspecified atom stereocenters. The van der Waals surface area contributed by atoms with Crippen molar-refractivity contribution in [3.05, 3.63) is 60.4 Å². The molecule has 2 rings (SSSR count). The van der Waals surface area contributed by atoms with Crippen LogP contribution in [-0.2, 0) is 4.79 Å². The molecule has 1 atom stereocenters. The van der Waals surface area contributed by atoms with E-state index in [9.17, 15) is 9.18 Å². The van der Waals surface area contributed by atoms with Crippen LogP contribution in [0.5, 0.6) is 0 Å². The van der Waals surface area contributed by atoms with Crippen molar-refractivity contribution in [1.82, 2.24) is 0 Å². The van der Waals surface area contributed by atoms with E-state index in [0.717, 1.165) is 5.69 Å². The lowest BCUT2D eigenvalue weighted by molar-refractivity contribution is -0.118. The summed E-state index contributed by atoms with van der Waals surface area (Å²) < 4.78 is 12.8. The molecule has 1 N–H and O–H groups in total. The summed E-state index contributed by atoms with van der Waals surface area (Å²) in [6.07, 6.45) is 0. The van der Waals surface area contributed by atoms with Crippen molar-refractivity contribution >= 4 is 17.3 Å². The largest absolute Gasteiger partial charge is 0.374 e. The molecule has 0 aromatic heterocycles. The number of rotatable bonds is 4. The topological polar surface area (TPSA) is 32.3 Å². The average molecular weight is 272 g/mol. The van der Waals surface area contributed by atoms with Gasteiger partial charge in [-0.2, -0.15) is 0 Å². The minimum absolute atomic E-state index is 0.0551. The number of benzene rings is 2. The highest BCUT2D eigenvalue weighted by molar-refractivity contribution is 5.97. The average Bonchev–Trinajstić information content (AvgIpc) is 2.49. The molecule has 0 saturated carbocycles. The summed E-state index contributed by atoms with van der Waals surface area (Å²) >= 11 is 0. The van der Waals surface area contributed by atoms with E-state index in [4.69, 9.17) is 0 Å². The third-order valence-corrected chi connectivity index (χ3v) is 3.07. The number of nitrogens with one attached hydrogen (secondary N) is 1. The Morgan fingerprint density at radius 3 is 2.30 bits per heavy atom. The Balaban J connectivity index is 2.03. The number of halogens is 1. The van der Waals surface area contributed by atoms with Crippen LogP contribution in [0.1, 0.15) is 6.92 Å². The van der Waals surface area contributed by atoms with Gasteiger partial charge in [-0.05, 0) is 43.3 Å². The predicted octanol–water partition coefficient (Wildman–Crippen LogP) is 3.29. The molecule has 2 aromatic rings. The molecule has 0 bridgehead atoms. The fraction of sp³-hybridized carbons (Fsp3) is 0.188. The Hall–Kier alpha value is -2.36. The van der Waals surface area contributed by atoms with Crippen molar-refractivity contribution in [3.63, 3.8) is 0 Å². The minimum atomic E-state index is -0.398. The zero-order valence-electron chi connectivity index (χ0n) is 11.5. The van der Waals surface area contributed by atoms with E-state index in [-0.39, 0.29) is 11.7 Å². The number of likely N-dealkylation sites (N-methyl/N-ethyl adjacent to an activating group) is 1. The van der Waals surface area contributed by atoms with Crippen molar-refractivity contribution in [2.45, 2.75) is 13.0 Å². The van der Waals surface area contributed by atoms with E-state index in [1.54, 1.807) is 31.0 Å². The van der Waals surface area contributed by atoms with Crippen LogP contribution in [0.25, 0.3) is 0 Å². The van der Waals surface area contributed by atoms with Gasteiger partial charge < -0.3 is 10.2 Å². The molecule has 0 aliphatic rings. The number of carbonyl (C=O) groups excluding carboxylic acids is 1. The van der Waals surface area contributed by atoms with Crippen molar-refractivity contribution in [3.8, 4) is 0 Å². The van der Waals surface area contributed by atoms with Gasteiger partial charge in [-0.3, -0.25) is 4.79 Å². The molecule has 2 aromatic carbocycles. The first-order chi connectivity index (χ1) is 9.58. The van der Waals surface area contributed by atoms with E-state index >= 15 is 0 Å². The van der Waals surface area contributed by atoms with Gasteiger partial charge in [-0.1, -0.05) is 18.2 Å². The van der Waals surface area contributed by atoms with Gasteiger partial charge in [0.1, 0.15) is 11.9 Å². The highest BCUT2D eigenvalue weighted by Gasteiger charge is 2.18. The molecule has 0 spiro atoms. The molecule has 3 nitrogen and oxygen atoms in total. The molecular weight excluding hydrogens is 255 g/mol. The van der Waals surface area contributed by atoms with Crippen LogP contribution in [0.15, 0.2) is 54.6 Å². The first-order valence-electron chi connectivity index (χ1n) is 6.42. The van der Waals surface area contributed by atoms with Crippen LogP contribution in [0.4, 0.5) is 15.8 Å². The lowest BCUT2D eigenvalue weighted by Crippen LogP contribution is -2.39. The fourth-order valence-corrected chi connectivity index (χ4v) is 1.93. The molecule has 1 amide bonds. The molecule has 0 aliphatic carbocycles. The Morgan fingerprint density at radius 2 is 1.70 bits per heavy atom. The summed E-state index contributed by atoms with van der Waals surface area (Å²) in [5.74, 6) is -0.351. The Morgan fingerprint density at radius 1 is 1.10 bits per heavy atom. The Labute approximate surface area is 118 Å². The van der Waals surface area contributed by atoms with Gasteiger partial charge in [0.15, 0.2) is 0 Å². The van der Waals surface area contributed by atoms with Crippen LogP contribution < -0.4 is 10.2 Å². The van der Waals surface area contributed by atoms with Gasteiger partial charge in [0, 0.05) is 18.4 Å². The van der Waals surface area contributed by atoms with Crippen LogP contribution >= 0.6 is 0 Å². The van der Waals surface area contributed by atoms with Gasteiger partial charge in [0.2, 0.25) is 5.91 Å². The third-order valence-electron chi connectivity index (χ3n) is 3.07. The number of nitrogens with zero attached hydrogens (tertiary/aromatic N) is 1. The Kier molecular flexibility index (Phi) is 4.35. The zero-order valence-corrected chi connectivity index (χ0v) is 11.5. The second-order valence-corrected chi connectivity index (χ2v) is 4.61. The van der Waals surface area contributed by atoms with Gasteiger partial charge >= 0.3 is 0 Å². The summed E-state index contributed by atoms with van der Waals surface area (Å²) in [5, 5.41) is 3.06. The molecule has 104 valence electrons. The zero-order chi connectivity index (χ0) is 14.5. The standard InChI is InChI=1S/C16H17FN2O/c1-12(18-14-10-8-13(17)9-11-14)16(20)19(2)15-6-4-3-5-7-15/h3-12,18H,1-2H3. The highest BCUT2D eigenvalue weighted by Crippen LogP contribution is 2.15. The molecule has 0 fully saturated rings. The minimum Gasteiger partial charge on any atom is -0.374 e. The van der Waals surface area contributed by atoms with Crippen molar-refractivity contribution in [2.75, 3.05) is 17.3 Å². The summed E-state index contributed by atoms with van der Waals surface area (Å²) in [4.78, 5) is 13.9. The molecule has 0 heterocycles.